The number of benzene rings is 3. The maximum absolute atomic E-state index is 15.4. The summed E-state index contributed by atoms with van der Waals surface area (Å²) in [6, 6.07) is 20.3. The molecule has 0 aromatic heterocycles. The van der Waals surface area contributed by atoms with Crippen molar-refractivity contribution in [3.8, 4) is 0 Å². The molecule has 5 heteroatoms. The van der Waals surface area contributed by atoms with Crippen LogP contribution in [0.2, 0.25) is 0 Å². The van der Waals surface area contributed by atoms with Crippen LogP contribution in [0.4, 0.5) is 10.1 Å². The fourth-order valence-corrected chi connectivity index (χ4v) is 3.53. The highest BCUT2D eigenvalue weighted by Gasteiger charge is 2.19. The smallest absolute Gasteiger partial charge is 0.328 e. The Balaban J connectivity index is 2.27. The molecule has 3 aromatic rings. The minimum absolute atomic E-state index is 0.0551. The van der Waals surface area contributed by atoms with Crippen LogP contribution in [0.3, 0.4) is 0 Å². The predicted molar refractivity (Wildman–Crippen MR) is 124 cm³/mol. The molecule has 3 rings (SSSR count). The van der Waals surface area contributed by atoms with Crippen molar-refractivity contribution in [2.24, 2.45) is 0 Å². The molecule has 0 fully saturated rings. The largest absolute Gasteiger partial charge is 0.478 e. The van der Waals surface area contributed by atoms with Crippen molar-refractivity contribution in [2.45, 2.75) is 13.3 Å². The van der Waals surface area contributed by atoms with Gasteiger partial charge in [0.05, 0.1) is 5.56 Å². The molecule has 3 aromatic carbocycles. The van der Waals surface area contributed by atoms with E-state index in [2.05, 4.69) is 0 Å². The van der Waals surface area contributed by atoms with E-state index >= 15 is 4.39 Å². The van der Waals surface area contributed by atoms with Crippen LogP contribution in [-0.2, 0) is 4.79 Å². The number of allylic oxidation sites excluding steroid dienone is 1. The van der Waals surface area contributed by atoms with Crippen LogP contribution in [0.1, 0.15) is 41.2 Å². The second-order valence-corrected chi connectivity index (χ2v) is 6.94. The third-order valence-electron chi connectivity index (χ3n) is 5.02. The first kappa shape index (κ1) is 21.7. The van der Waals surface area contributed by atoms with Gasteiger partial charge in [0.25, 0.3) is 0 Å². The lowest BCUT2D eigenvalue weighted by molar-refractivity contribution is -0.131. The van der Waals surface area contributed by atoms with Crippen LogP contribution in [-0.4, -0.2) is 17.3 Å². The molecule has 31 heavy (non-hydrogen) atoms. The molecule has 156 valence electrons. The average molecular weight is 414 g/mol. The monoisotopic (exact) mass is 414 g/mol. The van der Waals surface area contributed by atoms with Gasteiger partial charge in [0.1, 0.15) is 5.82 Å². The first-order chi connectivity index (χ1) is 15.0. The van der Waals surface area contributed by atoms with Gasteiger partial charge in [0.2, 0.25) is 0 Å². The van der Waals surface area contributed by atoms with E-state index in [1.165, 1.54) is 6.08 Å². The lowest BCUT2D eigenvalue weighted by Crippen LogP contribution is -2.03. The Hall–Kier alpha value is -3.99. The number of nitrogen functional groups attached to an aromatic ring is 1. The van der Waals surface area contributed by atoms with E-state index in [1.54, 1.807) is 24.3 Å². The Morgan fingerprint density at radius 3 is 2.29 bits per heavy atom. The number of nitrogens with one attached hydrogen (secondary N) is 1. The first-order valence-corrected chi connectivity index (χ1v) is 9.85. The number of hydrogen-bond donors (Lipinski definition) is 3. The summed E-state index contributed by atoms with van der Waals surface area (Å²) < 4.78 is 15.4. The fraction of sp³-hybridized carbons (Fsp3) is 0.0769. The predicted octanol–water partition coefficient (Wildman–Crippen LogP) is 5.87. The molecular formula is C26H23FN2O2. The molecule has 4 nitrogen and oxygen atoms in total. The summed E-state index contributed by atoms with van der Waals surface area (Å²) in [6.07, 6.45) is 4.16. The maximum atomic E-state index is 15.4. The second kappa shape index (κ2) is 9.67. The summed E-state index contributed by atoms with van der Waals surface area (Å²) in [4.78, 5) is 10.8. The zero-order valence-corrected chi connectivity index (χ0v) is 17.1. The molecule has 0 heterocycles. The van der Waals surface area contributed by atoms with Gasteiger partial charge in [0.15, 0.2) is 0 Å². The highest BCUT2D eigenvalue weighted by Crippen LogP contribution is 2.37. The number of halogens is 1. The van der Waals surface area contributed by atoms with Crippen molar-refractivity contribution in [1.82, 2.24) is 0 Å². The number of nitrogens with two attached hydrogens (primary N) is 1. The molecule has 0 radical (unpaired) electrons. The van der Waals surface area contributed by atoms with Crippen molar-refractivity contribution in [2.75, 3.05) is 5.73 Å². The number of aliphatic carboxylic acids is 1. The van der Waals surface area contributed by atoms with E-state index in [0.717, 1.165) is 34.6 Å². The molecular weight excluding hydrogens is 391 g/mol. The molecule has 0 saturated heterocycles. The zero-order chi connectivity index (χ0) is 22.4. The van der Waals surface area contributed by atoms with E-state index in [0.29, 0.717) is 17.6 Å². The number of carboxylic acid groups (broad SMARTS) is 1. The van der Waals surface area contributed by atoms with Crippen LogP contribution >= 0.6 is 0 Å². The van der Waals surface area contributed by atoms with E-state index in [1.807, 2.05) is 49.4 Å². The quantitative estimate of drug-likeness (QED) is 0.195. The van der Waals surface area contributed by atoms with Crippen molar-refractivity contribution >= 4 is 35.1 Å². The lowest BCUT2D eigenvalue weighted by atomic mass is 9.87. The van der Waals surface area contributed by atoms with Crippen molar-refractivity contribution < 1.29 is 14.3 Å². The summed E-state index contributed by atoms with van der Waals surface area (Å²) in [5, 5.41) is 16.4. The summed E-state index contributed by atoms with van der Waals surface area (Å²) >= 11 is 0. The topological polar surface area (TPSA) is 87.2 Å². The SMILES string of the molecule is CC/C(=C(/c1ccc(/C=C/C(=O)O)cc1)c1ccc(N)c(C=N)c1F)c1ccccc1. The fourth-order valence-electron chi connectivity index (χ4n) is 3.53. The summed E-state index contributed by atoms with van der Waals surface area (Å²) in [6.45, 7) is 2.01. The standard InChI is InChI=1S/C26H23FN2O2/c1-2-20(18-6-4-3-5-7-18)25(21-13-14-23(29)22(16-28)26(21)27)19-11-8-17(9-12-19)10-15-24(30)31/h3-16,28H,2,29H2,1H3,(H,30,31)/b15-10+,25-20+,28-16?. The molecule has 0 aliphatic rings. The summed E-state index contributed by atoms with van der Waals surface area (Å²) in [5.74, 6) is -1.56. The highest BCUT2D eigenvalue weighted by molar-refractivity contribution is 6.00. The molecule has 0 aliphatic carbocycles. The molecule has 4 N–H and O–H groups in total. The number of rotatable bonds is 7. The van der Waals surface area contributed by atoms with Crippen molar-refractivity contribution in [3.63, 3.8) is 0 Å². The van der Waals surface area contributed by atoms with Crippen molar-refractivity contribution in [3.05, 3.63) is 106 Å². The van der Waals surface area contributed by atoms with Gasteiger partial charge in [0, 0.05) is 23.5 Å². The van der Waals surface area contributed by atoms with E-state index in [9.17, 15) is 4.79 Å². The number of hydrogen-bond acceptors (Lipinski definition) is 3. The summed E-state index contributed by atoms with van der Waals surface area (Å²) in [7, 11) is 0. The summed E-state index contributed by atoms with van der Waals surface area (Å²) in [5.41, 5.74) is 10.6. The minimum atomic E-state index is -1.02. The zero-order valence-electron chi connectivity index (χ0n) is 17.1. The third-order valence-corrected chi connectivity index (χ3v) is 5.02. The van der Waals surface area contributed by atoms with Crippen LogP contribution in [0, 0.1) is 11.2 Å². The van der Waals surface area contributed by atoms with Crippen LogP contribution in [0.25, 0.3) is 17.2 Å². The van der Waals surface area contributed by atoms with Gasteiger partial charge in [-0.25, -0.2) is 9.18 Å². The molecule has 0 aliphatic heterocycles. The highest BCUT2D eigenvalue weighted by atomic mass is 19.1. The van der Waals surface area contributed by atoms with Crippen LogP contribution in [0.15, 0.2) is 72.8 Å². The Labute approximate surface area is 180 Å². The van der Waals surface area contributed by atoms with Crippen LogP contribution in [0.5, 0.6) is 0 Å². The Kier molecular flexibility index (Phi) is 6.78. The van der Waals surface area contributed by atoms with Gasteiger partial charge in [-0.2, -0.15) is 0 Å². The molecule has 0 atom stereocenters. The Morgan fingerprint density at radius 2 is 1.71 bits per heavy atom. The minimum Gasteiger partial charge on any atom is -0.478 e. The second-order valence-electron chi connectivity index (χ2n) is 6.94. The van der Waals surface area contributed by atoms with Gasteiger partial charge in [-0.3, -0.25) is 0 Å². The van der Waals surface area contributed by atoms with Gasteiger partial charge in [-0.1, -0.05) is 61.5 Å². The number of anilines is 1. The van der Waals surface area contributed by atoms with Gasteiger partial charge >= 0.3 is 5.97 Å². The maximum Gasteiger partial charge on any atom is 0.328 e. The van der Waals surface area contributed by atoms with Gasteiger partial charge < -0.3 is 16.2 Å². The number of carbonyl (C=O) groups is 1. The Morgan fingerprint density at radius 1 is 1.03 bits per heavy atom. The first-order valence-electron chi connectivity index (χ1n) is 9.85. The van der Waals surface area contributed by atoms with Crippen molar-refractivity contribution in [1.29, 1.82) is 5.41 Å². The van der Waals surface area contributed by atoms with Crippen LogP contribution < -0.4 is 5.73 Å². The van der Waals surface area contributed by atoms with Gasteiger partial charge in [-0.15, -0.1) is 0 Å². The van der Waals surface area contributed by atoms with E-state index in [-0.39, 0.29) is 11.3 Å². The van der Waals surface area contributed by atoms with Gasteiger partial charge in [-0.05, 0) is 52.5 Å². The van der Waals surface area contributed by atoms with E-state index in [4.69, 9.17) is 16.2 Å². The normalized spacial score (nSPS) is 11.9. The van der Waals surface area contributed by atoms with E-state index < -0.39 is 11.8 Å². The third kappa shape index (κ3) is 4.78. The number of carboxylic acids is 1. The average Bonchev–Trinajstić information content (AvgIpc) is 2.78. The molecule has 0 saturated carbocycles. The Bertz CT molecular complexity index is 1160. The molecule has 0 unspecified atom stereocenters. The molecule has 0 amide bonds. The molecule has 0 bridgehead atoms. The lowest BCUT2D eigenvalue weighted by Gasteiger charge is -2.18. The molecule has 0 spiro atoms.